The Morgan fingerprint density at radius 2 is 1.07 bits per heavy atom. The minimum Gasteiger partial charge on any atom is -0.394 e. The average Bonchev–Trinajstić information content (AvgIpc) is 3.89. The van der Waals surface area contributed by atoms with Crippen LogP contribution >= 0.6 is 0 Å². The molecule has 4 aliphatic carbocycles. The number of rotatable bonds is 12. The number of ether oxygens (including phenoxy) is 12. The Morgan fingerprint density at radius 3 is 1.73 bits per heavy atom. The van der Waals surface area contributed by atoms with Gasteiger partial charge in [0.15, 0.2) is 37.2 Å². The molecule has 0 radical (unpaired) electrons. The van der Waals surface area contributed by atoms with Gasteiger partial charge in [0.25, 0.3) is 0 Å². The first-order valence-electron chi connectivity index (χ1n) is 29.5. The van der Waals surface area contributed by atoms with Gasteiger partial charge < -0.3 is 123 Å². The number of hydrogen-bond donors (Lipinski definition) is 13. The summed E-state index contributed by atoms with van der Waals surface area (Å²) in [4.78, 5) is 0. The fraction of sp³-hybridized carbons (Fsp3) is 1.00. The van der Waals surface area contributed by atoms with E-state index in [1.807, 2.05) is 0 Å². The van der Waals surface area contributed by atoms with Gasteiger partial charge in [0.05, 0.1) is 51.3 Å². The van der Waals surface area contributed by atoms with Crippen molar-refractivity contribution in [2.24, 2.45) is 52.3 Å². The first-order chi connectivity index (χ1) is 38.0. The second-order valence-corrected chi connectivity index (χ2v) is 26.2. The topological polar surface area (TPSA) is 374 Å². The van der Waals surface area contributed by atoms with Gasteiger partial charge in [-0.3, -0.25) is 0 Å². The van der Waals surface area contributed by atoms with Crippen molar-refractivity contribution in [3.05, 3.63) is 0 Å². The Labute approximate surface area is 465 Å². The molecule has 25 heteroatoms. The lowest BCUT2D eigenvalue weighted by Crippen LogP contribution is -2.68. The van der Waals surface area contributed by atoms with Crippen molar-refractivity contribution in [3.8, 4) is 0 Å². The summed E-state index contributed by atoms with van der Waals surface area (Å²) in [6, 6.07) is 0. The van der Waals surface area contributed by atoms with Crippen molar-refractivity contribution in [1.29, 1.82) is 0 Å². The molecule has 4 saturated carbocycles. The lowest BCUT2D eigenvalue weighted by atomic mass is 9.44. The molecule has 25 nitrogen and oxygen atoms in total. The summed E-state index contributed by atoms with van der Waals surface area (Å²) in [5.41, 5.74) is 0.170. The minimum atomic E-state index is -1.93. The third kappa shape index (κ3) is 10.6. The van der Waals surface area contributed by atoms with Crippen LogP contribution in [0.15, 0.2) is 0 Å². The molecule has 1 spiro atoms. The van der Waals surface area contributed by atoms with Crippen molar-refractivity contribution in [2.75, 3.05) is 33.0 Å². The molecule has 11 aliphatic rings. The molecule has 0 amide bonds. The molecule has 35 atom stereocenters. The summed E-state index contributed by atoms with van der Waals surface area (Å²) in [6.07, 6.45) is -29.8. The van der Waals surface area contributed by atoms with Crippen LogP contribution in [0.2, 0.25) is 0 Å². The molecule has 7 aliphatic heterocycles. The fourth-order valence-corrected chi connectivity index (χ4v) is 17.0. The summed E-state index contributed by atoms with van der Waals surface area (Å²) in [5.74, 6) is 2.69. The van der Waals surface area contributed by atoms with E-state index in [0.717, 1.165) is 58.0 Å². The largest absolute Gasteiger partial charge is 0.394 e. The standard InChI is InChI=1S/C55H90O25/c1-21-8-13-55(71-18-21)22(2)34-31(80-55)15-28-26-7-6-24-14-25(9-11-53(24,4)27(26)10-12-54(28,34)5)73-51-46(78-50-42(67)39(64)35(60)23(3)72-50)43(68)44(33(17-57)75-51)76-52-47(79-49-41(66)37(62)30(59)20-70-49)45(38(63)32(16-56)74-52)77-48-40(65)36(61)29(58)19-69-48/h21-52,56-68H,6-20H2,1-5H3/t21-,22?,23-,24-,25-,26?,27?,28?,29+,30+,31?,32+,33+,34?,35-,36-,37-,38+,39+,40+,41+,42+,43-,44-,45-,46+,47+,48-,49-,50-,51+,52-,53-,54-,55+/m0/s1. The van der Waals surface area contributed by atoms with Crippen LogP contribution in [0.1, 0.15) is 98.8 Å². The zero-order valence-corrected chi connectivity index (χ0v) is 46.3. The van der Waals surface area contributed by atoms with Gasteiger partial charge in [-0.25, -0.2) is 0 Å². The molecule has 80 heavy (non-hydrogen) atoms. The summed E-state index contributed by atoms with van der Waals surface area (Å²) in [5, 5.41) is 142. The molecular weight excluding hydrogens is 1060 g/mol. The summed E-state index contributed by atoms with van der Waals surface area (Å²) < 4.78 is 74.8. The summed E-state index contributed by atoms with van der Waals surface area (Å²) in [7, 11) is 0. The van der Waals surface area contributed by atoms with Gasteiger partial charge >= 0.3 is 0 Å². The highest BCUT2D eigenvalue weighted by atomic mass is 16.8. The molecule has 0 bridgehead atoms. The molecule has 11 fully saturated rings. The van der Waals surface area contributed by atoms with E-state index in [9.17, 15) is 66.4 Å². The molecule has 0 aromatic heterocycles. The van der Waals surface area contributed by atoms with E-state index < -0.39 is 180 Å². The van der Waals surface area contributed by atoms with Crippen LogP contribution in [-0.4, -0.2) is 259 Å². The minimum absolute atomic E-state index is 0.0136. The van der Waals surface area contributed by atoms with Gasteiger partial charge in [0.2, 0.25) is 0 Å². The number of hydrogen-bond acceptors (Lipinski definition) is 25. The van der Waals surface area contributed by atoms with Gasteiger partial charge in [-0.2, -0.15) is 0 Å². The highest BCUT2D eigenvalue weighted by Gasteiger charge is 2.69. The van der Waals surface area contributed by atoms with Gasteiger partial charge in [-0.05, 0) is 111 Å². The van der Waals surface area contributed by atoms with Crippen molar-refractivity contribution in [2.45, 2.75) is 258 Å². The predicted molar refractivity (Wildman–Crippen MR) is 267 cm³/mol. The highest BCUT2D eigenvalue weighted by Crippen LogP contribution is 2.71. The first kappa shape index (κ1) is 60.7. The lowest BCUT2D eigenvalue weighted by molar-refractivity contribution is -0.408. The van der Waals surface area contributed by atoms with Crippen molar-refractivity contribution in [3.63, 3.8) is 0 Å². The molecular formula is C55H90O25. The zero-order chi connectivity index (χ0) is 57.1. The predicted octanol–water partition coefficient (Wildman–Crippen LogP) is -2.78. The monoisotopic (exact) mass is 1150 g/mol. The fourth-order valence-electron chi connectivity index (χ4n) is 17.0. The maximum absolute atomic E-state index is 12.6. The second-order valence-electron chi connectivity index (χ2n) is 26.2. The van der Waals surface area contributed by atoms with E-state index in [0.29, 0.717) is 48.3 Å². The second kappa shape index (κ2) is 23.6. The molecule has 0 aromatic rings. The van der Waals surface area contributed by atoms with E-state index in [2.05, 4.69) is 27.7 Å². The maximum atomic E-state index is 12.6. The molecule has 13 N–H and O–H groups in total. The van der Waals surface area contributed by atoms with Crippen LogP contribution in [0, 0.1) is 52.3 Å². The third-order valence-electron chi connectivity index (χ3n) is 21.7. The summed E-state index contributed by atoms with van der Waals surface area (Å²) >= 11 is 0. The molecule has 7 heterocycles. The van der Waals surface area contributed by atoms with E-state index in [1.165, 1.54) is 6.92 Å². The maximum Gasteiger partial charge on any atom is 0.187 e. The molecule has 0 aromatic carbocycles. The average molecular weight is 1150 g/mol. The smallest absolute Gasteiger partial charge is 0.187 e. The first-order valence-corrected chi connectivity index (χ1v) is 29.5. The zero-order valence-electron chi connectivity index (χ0n) is 46.3. The van der Waals surface area contributed by atoms with Crippen molar-refractivity contribution >= 4 is 0 Å². The number of fused-ring (bicyclic) bond motifs is 7. The van der Waals surface area contributed by atoms with Gasteiger partial charge in [-0.15, -0.1) is 0 Å². The number of aliphatic hydroxyl groups is 13. The lowest BCUT2D eigenvalue weighted by Gasteiger charge is -2.61. The van der Waals surface area contributed by atoms with Gasteiger partial charge in [0.1, 0.15) is 104 Å². The number of aliphatic hydroxyl groups excluding tert-OH is 13. The van der Waals surface area contributed by atoms with E-state index in [4.69, 9.17) is 56.8 Å². The molecule has 7 saturated heterocycles. The van der Waals surface area contributed by atoms with Crippen LogP contribution in [0.25, 0.3) is 0 Å². The molecule has 6 unspecified atom stereocenters. The van der Waals surface area contributed by atoms with Gasteiger partial charge in [-0.1, -0.05) is 27.7 Å². The Hall–Kier alpha value is -1.00. The highest BCUT2D eigenvalue weighted by molar-refractivity contribution is 5.16. The SMILES string of the molecule is CC1C2C(CC3C4CC[C@H]5C[C@@H](O[C@@H]6O[C@H](CO)[C@H](O[C@@H]7O[C@H](CO)[C@@H](O)[C@H](O[C@@H]8OC[C@@H](O)[C@H](O)[C@H]8O)[C@H]7O[C@@H]7OC[C@@H](O)[C@H](O)[C@H]7O)[C@H](O)[C@H]6O[C@@H]6O[C@@H](C)[C@H](O)[C@@H](O)[C@H]6O)CC[C@]5(C)C4CC[C@@]32C)O[C@]12CC[C@H](C)CO2. The normalized spacial score (nSPS) is 58.1. The van der Waals surface area contributed by atoms with E-state index in [-0.39, 0.29) is 22.9 Å². The Balaban J connectivity index is 0.830. The Morgan fingerprint density at radius 1 is 0.475 bits per heavy atom. The van der Waals surface area contributed by atoms with Crippen LogP contribution in [0.3, 0.4) is 0 Å². The Bertz CT molecular complexity index is 2080. The summed E-state index contributed by atoms with van der Waals surface area (Å²) in [6.45, 7) is 8.99. The molecule has 460 valence electrons. The van der Waals surface area contributed by atoms with E-state index >= 15 is 0 Å². The van der Waals surface area contributed by atoms with Crippen LogP contribution in [-0.2, 0) is 56.8 Å². The van der Waals surface area contributed by atoms with Crippen molar-refractivity contribution in [1.82, 2.24) is 0 Å². The van der Waals surface area contributed by atoms with Crippen molar-refractivity contribution < 1.29 is 123 Å². The van der Waals surface area contributed by atoms with E-state index in [1.54, 1.807) is 0 Å². The van der Waals surface area contributed by atoms with Crippen LogP contribution in [0.4, 0.5) is 0 Å². The quantitative estimate of drug-likeness (QED) is 0.0879. The van der Waals surface area contributed by atoms with Gasteiger partial charge in [0, 0.05) is 12.3 Å². The Kier molecular flexibility index (Phi) is 17.9. The molecule has 11 rings (SSSR count). The van der Waals surface area contributed by atoms with Crippen LogP contribution < -0.4 is 0 Å². The van der Waals surface area contributed by atoms with Crippen LogP contribution in [0.5, 0.6) is 0 Å². The third-order valence-corrected chi connectivity index (χ3v) is 21.7.